The number of amidine groups is 1. The average Bonchev–Trinajstić information content (AvgIpc) is 2.73. The molecule has 28 heavy (non-hydrogen) atoms. The van der Waals surface area contributed by atoms with E-state index in [2.05, 4.69) is 5.16 Å². The zero-order valence-corrected chi connectivity index (χ0v) is 16.6. The molecule has 3 rings (SSSR count). The third-order valence-corrected chi connectivity index (χ3v) is 6.71. The van der Waals surface area contributed by atoms with Crippen LogP contribution in [0.3, 0.4) is 0 Å². The molecule has 0 radical (unpaired) electrons. The van der Waals surface area contributed by atoms with E-state index in [0.717, 1.165) is 0 Å². The quantitative estimate of drug-likeness (QED) is 0.346. The van der Waals surface area contributed by atoms with E-state index in [1.54, 1.807) is 24.3 Å². The van der Waals surface area contributed by atoms with Gasteiger partial charge in [-0.3, -0.25) is 0 Å². The third-order valence-electron chi connectivity index (χ3n) is 4.54. The fraction of sp³-hybridized carbons (Fsp3) is 0.263. The second-order valence-electron chi connectivity index (χ2n) is 6.39. The normalized spacial score (nSPS) is 16.7. The Hall–Kier alpha value is -2.42. The number of nitrogens with two attached hydrogens (primary N) is 1. The Bertz CT molecular complexity index is 954. The van der Waals surface area contributed by atoms with Crippen molar-refractivity contribution in [3.8, 4) is 0 Å². The van der Waals surface area contributed by atoms with Crippen molar-refractivity contribution in [2.24, 2.45) is 16.8 Å². The van der Waals surface area contributed by atoms with Gasteiger partial charge >= 0.3 is 5.97 Å². The van der Waals surface area contributed by atoms with E-state index in [1.807, 2.05) is 6.07 Å². The lowest BCUT2D eigenvalue weighted by Gasteiger charge is -2.29. The van der Waals surface area contributed by atoms with E-state index < -0.39 is 21.9 Å². The maximum Gasteiger partial charge on any atom is 0.338 e. The topological polar surface area (TPSA) is 102 Å². The zero-order chi connectivity index (χ0) is 20.1. The highest BCUT2D eigenvalue weighted by molar-refractivity contribution is 7.89. The van der Waals surface area contributed by atoms with Crippen LogP contribution in [0.1, 0.15) is 18.4 Å². The van der Waals surface area contributed by atoms with Gasteiger partial charge in [-0.15, -0.1) is 0 Å². The Balaban J connectivity index is 1.57. The summed E-state index contributed by atoms with van der Waals surface area (Å²) in [6.45, 7) is 0.450. The van der Waals surface area contributed by atoms with Gasteiger partial charge in [0.05, 0.1) is 10.8 Å². The average molecular weight is 422 g/mol. The number of halogens is 1. The van der Waals surface area contributed by atoms with Gasteiger partial charge in [0.15, 0.2) is 5.84 Å². The molecular weight excluding hydrogens is 402 g/mol. The van der Waals surface area contributed by atoms with Crippen molar-refractivity contribution >= 4 is 33.4 Å². The van der Waals surface area contributed by atoms with Crippen molar-refractivity contribution in [2.75, 3.05) is 13.1 Å². The minimum absolute atomic E-state index is 0.108. The lowest BCUT2D eigenvalue weighted by molar-refractivity contribution is -0.149. The number of piperidine rings is 1. The van der Waals surface area contributed by atoms with Crippen molar-refractivity contribution in [1.82, 2.24) is 4.31 Å². The Labute approximate surface area is 168 Å². The number of hydrogen-bond donors (Lipinski definition) is 1. The van der Waals surface area contributed by atoms with Gasteiger partial charge in [-0.05, 0) is 37.1 Å². The minimum atomic E-state index is -3.61. The number of rotatable bonds is 5. The van der Waals surface area contributed by atoms with Crippen molar-refractivity contribution in [1.29, 1.82) is 0 Å². The molecule has 1 aliphatic rings. The molecule has 9 heteroatoms. The van der Waals surface area contributed by atoms with Crippen LogP contribution < -0.4 is 5.73 Å². The van der Waals surface area contributed by atoms with Gasteiger partial charge in [-0.2, -0.15) is 4.31 Å². The predicted molar refractivity (Wildman–Crippen MR) is 106 cm³/mol. The molecule has 0 amide bonds. The van der Waals surface area contributed by atoms with Gasteiger partial charge in [0.1, 0.15) is 0 Å². The highest BCUT2D eigenvalue weighted by Crippen LogP contribution is 2.25. The van der Waals surface area contributed by atoms with E-state index >= 15 is 0 Å². The molecule has 2 N–H and O–H groups in total. The van der Waals surface area contributed by atoms with Gasteiger partial charge in [0, 0.05) is 23.7 Å². The second-order valence-corrected chi connectivity index (χ2v) is 8.76. The fourth-order valence-electron chi connectivity index (χ4n) is 2.92. The van der Waals surface area contributed by atoms with Gasteiger partial charge in [0.2, 0.25) is 10.0 Å². The summed E-state index contributed by atoms with van der Waals surface area (Å²) in [5.74, 6) is -0.830. The summed E-state index contributed by atoms with van der Waals surface area (Å²) in [6, 6.07) is 15.0. The summed E-state index contributed by atoms with van der Waals surface area (Å²) >= 11 is 5.81. The molecule has 0 unspecified atom stereocenters. The number of hydrogen-bond acceptors (Lipinski definition) is 5. The maximum absolute atomic E-state index is 12.7. The number of oxime groups is 1. The lowest BCUT2D eigenvalue weighted by Crippen LogP contribution is -2.40. The molecule has 0 saturated carbocycles. The molecule has 1 saturated heterocycles. The molecule has 0 aromatic heterocycles. The zero-order valence-electron chi connectivity index (χ0n) is 15.0. The number of benzene rings is 2. The monoisotopic (exact) mass is 421 g/mol. The third kappa shape index (κ3) is 4.70. The summed E-state index contributed by atoms with van der Waals surface area (Å²) < 4.78 is 26.7. The van der Waals surface area contributed by atoms with E-state index in [9.17, 15) is 13.2 Å². The highest BCUT2D eigenvalue weighted by atomic mass is 35.5. The van der Waals surface area contributed by atoms with Crippen molar-refractivity contribution in [3.05, 3.63) is 65.2 Å². The van der Waals surface area contributed by atoms with Crippen molar-refractivity contribution in [2.45, 2.75) is 17.7 Å². The van der Waals surface area contributed by atoms with Gasteiger partial charge in [0.25, 0.3) is 0 Å². The van der Waals surface area contributed by atoms with Crippen molar-refractivity contribution in [3.63, 3.8) is 0 Å². The molecular formula is C19H20ClN3O4S. The van der Waals surface area contributed by atoms with Crippen LogP contribution in [0, 0.1) is 5.92 Å². The van der Waals surface area contributed by atoms with Crippen LogP contribution in [0.2, 0.25) is 5.02 Å². The molecule has 1 heterocycles. The molecule has 2 aromatic carbocycles. The number of carbonyl (C=O) groups is 1. The van der Waals surface area contributed by atoms with Crippen molar-refractivity contribution < 1.29 is 18.0 Å². The van der Waals surface area contributed by atoms with E-state index in [-0.39, 0.29) is 23.8 Å². The fourth-order valence-corrected chi connectivity index (χ4v) is 4.51. The molecule has 0 atom stereocenters. The first-order valence-corrected chi connectivity index (χ1v) is 10.5. The SMILES string of the molecule is N/C(=N\OC(=O)C1CCN(S(=O)(=O)c2ccc(Cl)cc2)CC1)c1ccccc1. The number of nitrogens with zero attached hydrogens (tertiary/aromatic N) is 2. The molecule has 148 valence electrons. The lowest BCUT2D eigenvalue weighted by atomic mass is 9.99. The van der Waals surface area contributed by atoms with Crippen LogP contribution in [0.15, 0.2) is 64.6 Å². The van der Waals surface area contributed by atoms with Crippen LogP contribution >= 0.6 is 11.6 Å². The number of sulfonamides is 1. The first-order valence-electron chi connectivity index (χ1n) is 8.73. The van der Waals surface area contributed by atoms with Crippen LogP contribution in [-0.4, -0.2) is 37.6 Å². The first-order chi connectivity index (χ1) is 13.4. The summed E-state index contributed by atoms with van der Waals surface area (Å²) in [5.41, 5.74) is 6.45. The van der Waals surface area contributed by atoms with Gasteiger partial charge in [-0.1, -0.05) is 47.1 Å². The van der Waals surface area contributed by atoms with E-state index in [0.29, 0.717) is 23.4 Å². The predicted octanol–water partition coefficient (Wildman–Crippen LogP) is 2.60. The maximum atomic E-state index is 12.7. The van der Waals surface area contributed by atoms with Gasteiger partial charge in [-0.25, -0.2) is 13.2 Å². The summed E-state index contributed by atoms with van der Waals surface area (Å²) in [6.07, 6.45) is 0.707. The van der Waals surface area contributed by atoms with E-state index in [4.69, 9.17) is 22.2 Å². The Kier molecular flexibility index (Phi) is 6.33. The summed E-state index contributed by atoms with van der Waals surface area (Å²) in [4.78, 5) is 17.4. The van der Waals surface area contributed by atoms with Crippen LogP contribution in [-0.2, 0) is 19.7 Å². The highest BCUT2D eigenvalue weighted by Gasteiger charge is 2.33. The Morgan fingerprint density at radius 1 is 1.07 bits per heavy atom. The second kappa shape index (κ2) is 8.72. The minimum Gasteiger partial charge on any atom is -0.380 e. The Morgan fingerprint density at radius 2 is 1.68 bits per heavy atom. The van der Waals surface area contributed by atoms with Gasteiger partial charge < -0.3 is 10.6 Å². The summed E-state index contributed by atoms with van der Waals surface area (Å²) in [7, 11) is -3.61. The summed E-state index contributed by atoms with van der Waals surface area (Å²) in [5, 5.41) is 4.16. The molecule has 0 aliphatic carbocycles. The smallest absolute Gasteiger partial charge is 0.338 e. The molecule has 0 bridgehead atoms. The molecule has 1 fully saturated rings. The molecule has 7 nitrogen and oxygen atoms in total. The molecule has 2 aromatic rings. The standard InChI is InChI=1S/C19H20ClN3O4S/c20-16-6-8-17(9-7-16)28(25,26)23-12-10-15(11-13-23)19(24)27-22-18(21)14-4-2-1-3-5-14/h1-9,15H,10-13H2,(H2,21,22). The molecule has 0 spiro atoms. The Morgan fingerprint density at radius 3 is 2.29 bits per heavy atom. The van der Waals surface area contributed by atoms with E-state index in [1.165, 1.54) is 28.6 Å². The first kappa shape index (κ1) is 20.3. The largest absolute Gasteiger partial charge is 0.380 e. The van der Waals surface area contributed by atoms with Crippen LogP contribution in [0.4, 0.5) is 0 Å². The molecule has 1 aliphatic heterocycles. The number of carbonyl (C=O) groups excluding carboxylic acids is 1. The van der Waals surface area contributed by atoms with Crippen LogP contribution in [0.25, 0.3) is 0 Å². The van der Waals surface area contributed by atoms with Crippen LogP contribution in [0.5, 0.6) is 0 Å².